The Morgan fingerprint density at radius 1 is 1.32 bits per heavy atom. The molecule has 6 nitrogen and oxygen atoms in total. The van der Waals surface area contributed by atoms with Gasteiger partial charge in [-0.3, -0.25) is 4.79 Å². The maximum Gasteiger partial charge on any atom is 0.304 e. The van der Waals surface area contributed by atoms with Crippen LogP contribution in [0.25, 0.3) is 0 Å². The maximum absolute atomic E-state index is 12.6. The van der Waals surface area contributed by atoms with Crippen LogP contribution in [0, 0.1) is 6.92 Å². The molecule has 0 fully saturated rings. The summed E-state index contributed by atoms with van der Waals surface area (Å²) in [5, 5.41) is 8.85. The Labute approximate surface area is 133 Å². The number of aryl methyl sites for hydroxylation is 1. The molecule has 0 unspecified atom stereocenters. The number of nitrogens with zero attached hydrogens (tertiary/aromatic N) is 2. The molecule has 8 heteroatoms. The molecule has 1 N–H and O–H groups in total. The highest BCUT2D eigenvalue weighted by atomic mass is 32.2. The molecular formula is C14H16N2O4S2. The van der Waals surface area contributed by atoms with Gasteiger partial charge < -0.3 is 5.11 Å². The topological polar surface area (TPSA) is 87.6 Å². The lowest BCUT2D eigenvalue weighted by Gasteiger charge is -2.21. The minimum atomic E-state index is -3.74. The summed E-state index contributed by atoms with van der Waals surface area (Å²) in [4.78, 5) is 10.8. The molecule has 0 atom stereocenters. The van der Waals surface area contributed by atoms with E-state index in [0.717, 1.165) is 22.7 Å². The normalized spacial score (nSPS) is 11.7. The van der Waals surface area contributed by atoms with Crippen LogP contribution in [0.15, 0.2) is 40.7 Å². The minimum absolute atomic E-state index is 0.0795. The van der Waals surface area contributed by atoms with Crippen molar-refractivity contribution in [3.63, 3.8) is 0 Å². The van der Waals surface area contributed by atoms with E-state index in [2.05, 4.69) is 4.37 Å². The van der Waals surface area contributed by atoms with Gasteiger partial charge in [0.2, 0.25) is 0 Å². The van der Waals surface area contributed by atoms with Gasteiger partial charge in [-0.15, -0.1) is 0 Å². The second kappa shape index (κ2) is 6.99. The third-order valence-electron chi connectivity index (χ3n) is 3.19. The van der Waals surface area contributed by atoms with Gasteiger partial charge in [-0.2, -0.15) is 8.68 Å². The highest BCUT2D eigenvalue weighted by Gasteiger charge is 2.27. The van der Waals surface area contributed by atoms with E-state index in [1.165, 1.54) is 16.6 Å². The summed E-state index contributed by atoms with van der Waals surface area (Å²) in [7, 11) is -3.74. The number of carboxylic acids is 1. The summed E-state index contributed by atoms with van der Waals surface area (Å²) in [6.45, 7) is 1.95. The molecule has 0 spiro atoms. The fraction of sp³-hybridized carbons (Fsp3) is 0.286. The molecule has 0 bridgehead atoms. The van der Waals surface area contributed by atoms with Crippen LogP contribution in [0.1, 0.15) is 17.5 Å². The first kappa shape index (κ1) is 16.6. The molecule has 2 aromatic rings. The highest BCUT2D eigenvalue weighted by molar-refractivity contribution is 7.91. The zero-order valence-corrected chi connectivity index (χ0v) is 13.6. The fourth-order valence-corrected chi connectivity index (χ4v) is 4.24. The summed E-state index contributed by atoms with van der Waals surface area (Å²) in [5.41, 5.74) is 1.81. The van der Waals surface area contributed by atoms with E-state index >= 15 is 0 Å². The predicted octanol–water partition coefficient (Wildman–Crippen LogP) is 2.12. The summed E-state index contributed by atoms with van der Waals surface area (Å²) in [6, 6.07) is 8.86. The predicted molar refractivity (Wildman–Crippen MR) is 83.1 cm³/mol. The Hall–Kier alpha value is -1.77. The van der Waals surface area contributed by atoms with Crippen molar-refractivity contribution < 1.29 is 18.3 Å². The molecule has 0 aliphatic heterocycles. The van der Waals surface area contributed by atoms with Crippen molar-refractivity contribution in [1.29, 1.82) is 0 Å². The van der Waals surface area contributed by atoms with Crippen molar-refractivity contribution in [1.82, 2.24) is 8.68 Å². The molecular weight excluding hydrogens is 324 g/mol. The summed E-state index contributed by atoms with van der Waals surface area (Å²) in [6.07, 6.45) is 1.17. The lowest BCUT2D eigenvalue weighted by Crippen LogP contribution is -2.32. The van der Waals surface area contributed by atoms with Gasteiger partial charge >= 0.3 is 5.97 Å². The van der Waals surface area contributed by atoms with E-state index < -0.39 is 16.0 Å². The van der Waals surface area contributed by atoms with Crippen molar-refractivity contribution in [2.24, 2.45) is 0 Å². The average Bonchev–Trinajstić information content (AvgIpc) is 2.99. The van der Waals surface area contributed by atoms with Gasteiger partial charge in [0.25, 0.3) is 10.0 Å². The third-order valence-corrected chi connectivity index (χ3v) is 6.23. The van der Waals surface area contributed by atoms with Gasteiger partial charge in [-0.25, -0.2) is 8.42 Å². The number of aromatic nitrogens is 1. The Balaban J connectivity index is 2.31. The lowest BCUT2D eigenvalue weighted by molar-refractivity contribution is -0.137. The minimum Gasteiger partial charge on any atom is -0.481 e. The van der Waals surface area contributed by atoms with Gasteiger partial charge in [0, 0.05) is 19.3 Å². The van der Waals surface area contributed by atoms with Gasteiger partial charge in [0.15, 0.2) is 4.21 Å². The van der Waals surface area contributed by atoms with Gasteiger partial charge in [-0.05, 0) is 35.6 Å². The molecule has 0 aliphatic carbocycles. The quantitative estimate of drug-likeness (QED) is 0.834. The first-order valence-corrected chi connectivity index (χ1v) is 8.80. The Bertz CT molecular complexity index is 742. The van der Waals surface area contributed by atoms with Crippen molar-refractivity contribution in [2.75, 3.05) is 6.54 Å². The summed E-state index contributed by atoms with van der Waals surface area (Å²) < 4.78 is 30.4. The van der Waals surface area contributed by atoms with E-state index in [0.29, 0.717) is 0 Å². The molecule has 1 aromatic heterocycles. The SMILES string of the molecule is Cc1ccccc1CN(CCC(=O)O)S(=O)(=O)c1ccns1. The monoisotopic (exact) mass is 340 g/mol. The lowest BCUT2D eigenvalue weighted by atomic mass is 10.1. The van der Waals surface area contributed by atoms with E-state index in [1.54, 1.807) is 0 Å². The largest absolute Gasteiger partial charge is 0.481 e. The molecule has 0 amide bonds. The zero-order chi connectivity index (χ0) is 16.2. The first-order valence-electron chi connectivity index (χ1n) is 6.58. The van der Waals surface area contributed by atoms with E-state index in [1.807, 2.05) is 31.2 Å². The van der Waals surface area contributed by atoms with Crippen LogP contribution in [0.4, 0.5) is 0 Å². The van der Waals surface area contributed by atoms with Crippen molar-refractivity contribution in [3.8, 4) is 0 Å². The second-order valence-electron chi connectivity index (χ2n) is 4.74. The van der Waals surface area contributed by atoms with Gasteiger partial charge in [0.05, 0.1) is 6.42 Å². The zero-order valence-electron chi connectivity index (χ0n) is 12.0. The Morgan fingerprint density at radius 3 is 2.64 bits per heavy atom. The second-order valence-corrected chi connectivity index (χ2v) is 7.74. The fourth-order valence-electron chi connectivity index (χ4n) is 1.95. The Kier molecular flexibility index (Phi) is 5.28. The molecule has 118 valence electrons. The molecule has 22 heavy (non-hydrogen) atoms. The number of rotatable bonds is 7. The number of aliphatic carboxylic acids is 1. The molecule has 0 radical (unpaired) electrons. The number of benzene rings is 1. The molecule has 1 aromatic carbocycles. The number of carboxylic acid groups (broad SMARTS) is 1. The first-order chi connectivity index (χ1) is 10.4. The molecule has 0 saturated heterocycles. The smallest absolute Gasteiger partial charge is 0.304 e. The third kappa shape index (κ3) is 3.90. The standard InChI is InChI=1S/C14H16N2O4S2/c1-11-4-2-3-5-12(11)10-16(9-7-13(17)18)22(19,20)14-6-8-15-21-14/h2-6,8H,7,9-10H2,1H3,(H,17,18). The van der Waals surface area contributed by atoms with Crippen LogP contribution >= 0.6 is 11.5 Å². The van der Waals surface area contributed by atoms with E-state index in [-0.39, 0.29) is 23.7 Å². The Morgan fingerprint density at radius 2 is 2.05 bits per heavy atom. The van der Waals surface area contributed by atoms with Crippen LogP contribution in [0.5, 0.6) is 0 Å². The average molecular weight is 340 g/mol. The molecule has 1 heterocycles. The molecule has 2 rings (SSSR count). The van der Waals surface area contributed by atoms with E-state index in [4.69, 9.17) is 5.11 Å². The van der Waals surface area contributed by atoms with E-state index in [9.17, 15) is 13.2 Å². The summed E-state index contributed by atoms with van der Waals surface area (Å²) in [5.74, 6) is -1.03. The van der Waals surface area contributed by atoms with Gasteiger partial charge in [-0.1, -0.05) is 24.3 Å². The van der Waals surface area contributed by atoms with Crippen molar-refractivity contribution >= 4 is 27.5 Å². The van der Waals surface area contributed by atoms with Crippen molar-refractivity contribution in [2.45, 2.75) is 24.1 Å². The molecule has 0 aliphatic rings. The van der Waals surface area contributed by atoms with Gasteiger partial charge in [0.1, 0.15) is 0 Å². The number of sulfonamides is 1. The van der Waals surface area contributed by atoms with Crippen LogP contribution < -0.4 is 0 Å². The summed E-state index contributed by atoms with van der Waals surface area (Å²) >= 11 is 0.880. The maximum atomic E-state index is 12.6. The van der Waals surface area contributed by atoms with Crippen molar-refractivity contribution in [3.05, 3.63) is 47.7 Å². The number of hydrogen-bond donors (Lipinski definition) is 1. The number of hydrogen-bond acceptors (Lipinski definition) is 5. The van der Waals surface area contributed by atoms with Crippen LogP contribution in [0.3, 0.4) is 0 Å². The molecule has 0 saturated carbocycles. The van der Waals surface area contributed by atoms with Crippen LogP contribution in [-0.4, -0.2) is 34.7 Å². The van der Waals surface area contributed by atoms with Crippen LogP contribution in [-0.2, 0) is 21.4 Å². The van der Waals surface area contributed by atoms with Crippen LogP contribution in [0.2, 0.25) is 0 Å². The number of carbonyl (C=O) groups is 1. The highest BCUT2D eigenvalue weighted by Crippen LogP contribution is 2.22.